The van der Waals surface area contributed by atoms with Gasteiger partial charge in [-0.25, -0.2) is 16.8 Å². The Morgan fingerprint density at radius 2 is 1.49 bits per heavy atom. The van der Waals surface area contributed by atoms with Crippen molar-refractivity contribution in [3.63, 3.8) is 0 Å². The lowest BCUT2D eigenvalue weighted by atomic mass is 10.1. The number of nitrogens with zero attached hydrogens (tertiary/aromatic N) is 2. The van der Waals surface area contributed by atoms with E-state index in [1.807, 2.05) is 13.8 Å². The van der Waals surface area contributed by atoms with Gasteiger partial charge in [-0.15, -0.1) is 0 Å². The van der Waals surface area contributed by atoms with Gasteiger partial charge < -0.3 is 14.8 Å². The van der Waals surface area contributed by atoms with Crippen molar-refractivity contribution in [2.45, 2.75) is 42.6 Å². The SMILES string of the molecule is Cc1ccc(S(=O)(=O)N2CC(C(=O)NCCOc3ccc(S(=O)(=O)N4CCCC4)cc3)Oc3ccc(C)cc32)cc1. The zero-order chi connectivity index (χ0) is 29.2. The summed E-state index contributed by atoms with van der Waals surface area (Å²) in [5.41, 5.74) is 2.18. The zero-order valence-corrected chi connectivity index (χ0v) is 24.6. The summed E-state index contributed by atoms with van der Waals surface area (Å²) in [6.07, 6.45) is 0.663. The summed E-state index contributed by atoms with van der Waals surface area (Å²) < 4.78 is 66.9. The Kier molecular flexibility index (Phi) is 8.25. The first-order chi connectivity index (χ1) is 19.6. The molecule has 1 N–H and O–H groups in total. The normalized spacial score (nSPS) is 17.5. The van der Waals surface area contributed by atoms with Crippen LogP contribution in [0, 0.1) is 13.8 Å². The molecular formula is C29H33N3O7S2. The molecule has 2 aliphatic heterocycles. The van der Waals surface area contributed by atoms with Crippen molar-refractivity contribution in [2.75, 3.05) is 37.1 Å². The van der Waals surface area contributed by atoms with Crippen LogP contribution in [0.4, 0.5) is 5.69 Å². The molecule has 2 aliphatic rings. The number of anilines is 1. The first-order valence-corrected chi connectivity index (χ1v) is 16.3. The Morgan fingerprint density at radius 1 is 0.878 bits per heavy atom. The molecule has 218 valence electrons. The van der Waals surface area contributed by atoms with Crippen LogP contribution in [-0.2, 0) is 24.8 Å². The number of sulfonamides is 2. The van der Waals surface area contributed by atoms with Crippen molar-refractivity contribution in [1.82, 2.24) is 9.62 Å². The van der Waals surface area contributed by atoms with E-state index in [-0.39, 0.29) is 29.5 Å². The predicted molar refractivity (Wildman–Crippen MR) is 154 cm³/mol. The van der Waals surface area contributed by atoms with E-state index in [1.165, 1.54) is 20.7 Å². The average Bonchev–Trinajstić information content (AvgIpc) is 3.51. The minimum atomic E-state index is -3.95. The van der Waals surface area contributed by atoms with Gasteiger partial charge >= 0.3 is 0 Å². The summed E-state index contributed by atoms with van der Waals surface area (Å²) in [6.45, 7) is 4.87. The molecule has 0 aromatic heterocycles. The van der Waals surface area contributed by atoms with E-state index in [4.69, 9.17) is 9.47 Å². The van der Waals surface area contributed by atoms with Crippen molar-refractivity contribution in [2.24, 2.45) is 0 Å². The summed E-state index contributed by atoms with van der Waals surface area (Å²) in [7, 11) is -7.46. The van der Waals surface area contributed by atoms with Gasteiger partial charge in [0.15, 0.2) is 6.10 Å². The molecule has 41 heavy (non-hydrogen) atoms. The molecule has 1 atom stereocenters. The van der Waals surface area contributed by atoms with E-state index in [1.54, 1.807) is 54.6 Å². The molecule has 10 nitrogen and oxygen atoms in total. The number of hydrogen-bond acceptors (Lipinski definition) is 7. The van der Waals surface area contributed by atoms with E-state index in [0.717, 1.165) is 24.0 Å². The lowest BCUT2D eigenvalue weighted by Crippen LogP contribution is -2.51. The Balaban J connectivity index is 1.21. The van der Waals surface area contributed by atoms with E-state index in [9.17, 15) is 21.6 Å². The number of aryl methyl sites for hydroxylation is 2. The maximum absolute atomic E-state index is 13.6. The van der Waals surface area contributed by atoms with Crippen LogP contribution in [-0.4, -0.2) is 65.9 Å². The highest BCUT2D eigenvalue weighted by Gasteiger charge is 2.37. The molecule has 0 radical (unpaired) electrons. The van der Waals surface area contributed by atoms with Crippen LogP contribution >= 0.6 is 0 Å². The average molecular weight is 600 g/mol. The van der Waals surface area contributed by atoms with Gasteiger partial charge in [0.1, 0.15) is 18.1 Å². The van der Waals surface area contributed by atoms with Gasteiger partial charge in [0.2, 0.25) is 10.0 Å². The van der Waals surface area contributed by atoms with E-state index in [0.29, 0.717) is 30.3 Å². The number of hydrogen-bond donors (Lipinski definition) is 1. The Labute approximate surface area is 241 Å². The van der Waals surface area contributed by atoms with Crippen molar-refractivity contribution in [3.8, 4) is 11.5 Å². The number of rotatable bonds is 9. The lowest BCUT2D eigenvalue weighted by Gasteiger charge is -2.35. The molecular weight excluding hydrogens is 566 g/mol. The third kappa shape index (κ3) is 6.19. The summed E-state index contributed by atoms with van der Waals surface area (Å²) in [5.74, 6) is 0.294. The molecule has 1 saturated heterocycles. The molecule has 1 fully saturated rings. The van der Waals surface area contributed by atoms with Crippen LogP contribution in [0.2, 0.25) is 0 Å². The number of nitrogens with one attached hydrogen (secondary N) is 1. The van der Waals surface area contributed by atoms with Crippen molar-refractivity contribution in [1.29, 1.82) is 0 Å². The number of fused-ring (bicyclic) bond motifs is 1. The van der Waals surface area contributed by atoms with E-state index in [2.05, 4.69) is 5.32 Å². The van der Waals surface area contributed by atoms with Crippen LogP contribution in [0.15, 0.2) is 76.5 Å². The van der Waals surface area contributed by atoms with Crippen LogP contribution in [0.1, 0.15) is 24.0 Å². The van der Waals surface area contributed by atoms with E-state index >= 15 is 0 Å². The van der Waals surface area contributed by atoms with Crippen molar-refractivity contribution < 1.29 is 31.1 Å². The first-order valence-electron chi connectivity index (χ1n) is 13.4. The van der Waals surface area contributed by atoms with Gasteiger partial charge in [-0.2, -0.15) is 4.31 Å². The van der Waals surface area contributed by atoms with Gasteiger partial charge in [0.25, 0.3) is 15.9 Å². The minimum absolute atomic E-state index is 0.123. The van der Waals surface area contributed by atoms with Crippen LogP contribution in [0.5, 0.6) is 11.5 Å². The molecule has 0 bridgehead atoms. The number of ether oxygens (including phenoxy) is 2. The van der Waals surface area contributed by atoms with Crippen molar-refractivity contribution in [3.05, 3.63) is 77.9 Å². The molecule has 12 heteroatoms. The fraction of sp³-hybridized carbons (Fsp3) is 0.345. The van der Waals surface area contributed by atoms with E-state index < -0.39 is 32.1 Å². The zero-order valence-electron chi connectivity index (χ0n) is 22.9. The number of carbonyl (C=O) groups is 1. The molecule has 0 spiro atoms. The second-order valence-electron chi connectivity index (χ2n) is 10.1. The quantitative estimate of drug-likeness (QED) is 0.375. The van der Waals surface area contributed by atoms with Crippen LogP contribution in [0.25, 0.3) is 0 Å². The van der Waals surface area contributed by atoms with Gasteiger partial charge in [0.05, 0.1) is 28.6 Å². The van der Waals surface area contributed by atoms with Gasteiger partial charge in [-0.1, -0.05) is 23.8 Å². The molecule has 1 unspecified atom stereocenters. The first kappa shape index (κ1) is 28.9. The Hall–Kier alpha value is -3.61. The summed E-state index contributed by atoms with van der Waals surface area (Å²) >= 11 is 0. The summed E-state index contributed by atoms with van der Waals surface area (Å²) in [6, 6.07) is 18.0. The molecule has 5 rings (SSSR count). The summed E-state index contributed by atoms with van der Waals surface area (Å²) in [4.78, 5) is 13.4. The predicted octanol–water partition coefficient (Wildman–Crippen LogP) is 3.24. The molecule has 3 aromatic rings. The third-order valence-corrected chi connectivity index (χ3v) is 10.8. The molecule has 0 aliphatic carbocycles. The Bertz CT molecular complexity index is 1620. The fourth-order valence-corrected chi connectivity index (χ4v) is 7.79. The number of amides is 1. The lowest BCUT2D eigenvalue weighted by molar-refractivity contribution is -0.127. The second-order valence-corrected chi connectivity index (χ2v) is 13.9. The van der Waals surface area contributed by atoms with Gasteiger partial charge in [-0.05, 0) is 80.8 Å². The maximum atomic E-state index is 13.6. The van der Waals surface area contributed by atoms with Gasteiger partial charge in [0, 0.05) is 13.1 Å². The topological polar surface area (TPSA) is 122 Å². The minimum Gasteiger partial charge on any atom is -0.492 e. The van der Waals surface area contributed by atoms with Crippen LogP contribution in [0.3, 0.4) is 0 Å². The maximum Gasteiger partial charge on any atom is 0.264 e. The number of carbonyl (C=O) groups excluding carboxylic acids is 1. The second kappa shape index (κ2) is 11.7. The summed E-state index contributed by atoms with van der Waals surface area (Å²) in [5, 5.41) is 2.74. The van der Waals surface area contributed by atoms with Crippen molar-refractivity contribution >= 4 is 31.6 Å². The van der Waals surface area contributed by atoms with Gasteiger partial charge in [-0.3, -0.25) is 9.10 Å². The highest BCUT2D eigenvalue weighted by atomic mass is 32.2. The molecule has 1 amide bonds. The Morgan fingerprint density at radius 3 is 2.17 bits per heavy atom. The molecule has 0 saturated carbocycles. The molecule has 3 aromatic carbocycles. The fourth-order valence-electron chi connectivity index (χ4n) is 4.81. The smallest absolute Gasteiger partial charge is 0.264 e. The molecule has 2 heterocycles. The third-order valence-electron chi connectivity index (χ3n) is 7.08. The largest absolute Gasteiger partial charge is 0.492 e. The highest BCUT2D eigenvalue weighted by molar-refractivity contribution is 7.92. The highest BCUT2D eigenvalue weighted by Crippen LogP contribution is 2.37. The monoisotopic (exact) mass is 599 g/mol. The standard InChI is InChI=1S/C29H33N3O7S2/c1-21-5-10-25(11-6-21)41(36,37)32-20-28(39-27-14-7-22(2)19-26(27)32)29(33)30-15-18-38-23-8-12-24(13-9-23)40(34,35)31-16-3-4-17-31/h5-14,19,28H,3-4,15-18,20H2,1-2H3,(H,30,33). The van der Waals surface area contributed by atoms with Crippen LogP contribution < -0.4 is 19.1 Å². The number of benzene rings is 3.